The van der Waals surface area contributed by atoms with Gasteiger partial charge in [-0.25, -0.2) is 0 Å². The topological polar surface area (TPSA) is 55.5 Å². The molecular weight excluding hydrogens is 214 g/mol. The van der Waals surface area contributed by atoms with E-state index in [0.29, 0.717) is 10.8 Å². The van der Waals surface area contributed by atoms with Gasteiger partial charge in [0.05, 0.1) is 18.8 Å². The molecule has 1 rings (SSSR count). The SMILES string of the molecule is CC(C)Oc1ccc(Cl)cc1C(N)CO. The van der Waals surface area contributed by atoms with E-state index in [2.05, 4.69) is 0 Å². The summed E-state index contributed by atoms with van der Waals surface area (Å²) < 4.78 is 5.57. The molecule has 0 spiro atoms. The Hall–Kier alpha value is -0.770. The van der Waals surface area contributed by atoms with Crippen LogP contribution < -0.4 is 10.5 Å². The number of benzene rings is 1. The highest BCUT2D eigenvalue weighted by molar-refractivity contribution is 6.30. The van der Waals surface area contributed by atoms with Crippen LogP contribution >= 0.6 is 11.6 Å². The van der Waals surface area contributed by atoms with Crippen molar-refractivity contribution in [2.24, 2.45) is 5.73 Å². The molecule has 4 heteroatoms. The van der Waals surface area contributed by atoms with Gasteiger partial charge in [-0.1, -0.05) is 11.6 Å². The van der Waals surface area contributed by atoms with Crippen LogP contribution in [0.3, 0.4) is 0 Å². The number of aliphatic hydroxyl groups is 1. The Balaban J connectivity index is 3.02. The molecule has 0 saturated heterocycles. The van der Waals surface area contributed by atoms with Crippen LogP contribution in [0, 0.1) is 0 Å². The number of aliphatic hydroxyl groups excluding tert-OH is 1. The van der Waals surface area contributed by atoms with Crippen molar-refractivity contribution in [3.05, 3.63) is 28.8 Å². The molecule has 0 aliphatic heterocycles. The average Bonchev–Trinajstić information content (AvgIpc) is 2.19. The van der Waals surface area contributed by atoms with E-state index in [1.807, 2.05) is 13.8 Å². The minimum absolute atomic E-state index is 0.0656. The maximum Gasteiger partial charge on any atom is 0.124 e. The summed E-state index contributed by atoms with van der Waals surface area (Å²) in [5.41, 5.74) is 6.49. The molecule has 1 aromatic rings. The van der Waals surface area contributed by atoms with Crippen molar-refractivity contribution in [1.82, 2.24) is 0 Å². The first-order valence-electron chi connectivity index (χ1n) is 4.87. The highest BCUT2D eigenvalue weighted by Crippen LogP contribution is 2.27. The van der Waals surface area contributed by atoms with Crippen LogP contribution in [0.4, 0.5) is 0 Å². The van der Waals surface area contributed by atoms with Crippen LogP contribution in [-0.2, 0) is 0 Å². The fourth-order valence-electron chi connectivity index (χ4n) is 1.27. The van der Waals surface area contributed by atoms with Crippen LogP contribution in [0.15, 0.2) is 18.2 Å². The van der Waals surface area contributed by atoms with E-state index in [-0.39, 0.29) is 12.7 Å². The molecule has 0 bridgehead atoms. The minimum Gasteiger partial charge on any atom is -0.491 e. The van der Waals surface area contributed by atoms with Crippen molar-refractivity contribution >= 4 is 11.6 Å². The van der Waals surface area contributed by atoms with Crippen molar-refractivity contribution in [1.29, 1.82) is 0 Å². The summed E-state index contributed by atoms with van der Waals surface area (Å²) in [6, 6.07) is 4.78. The van der Waals surface area contributed by atoms with Gasteiger partial charge in [0.15, 0.2) is 0 Å². The number of ether oxygens (including phenoxy) is 1. The summed E-state index contributed by atoms with van der Waals surface area (Å²) in [5, 5.41) is 9.60. The first-order valence-corrected chi connectivity index (χ1v) is 5.25. The lowest BCUT2D eigenvalue weighted by molar-refractivity contribution is 0.229. The molecule has 0 aromatic heterocycles. The van der Waals surface area contributed by atoms with Gasteiger partial charge in [0.2, 0.25) is 0 Å². The summed E-state index contributed by atoms with van der Waals surface area (Å²) in [4.78, 5) is 0. The quantitative estimate of drug-likeness (QED) is 0.832. The first-order chi connectivity index (χ1) is 7.04. The van der Waals surface area contributed by atoms with E-state index in [4.69, 9.17) is 27.2 Å². The minimum atomic E-state index is -0.461. The maximum absolute atomic E-state index is 9.01. The van der Waals surface area contributed by atoms with E-state index in [1.54, 1.807) is 18.2 Å². The van der Waals surface area contributed by atoms with Crippen LogP contribution in [0.25, 0.3) is 0 Å². The zero-order valence-electron chi connectivity index (χ0n) is 8.90. The molecule has 3 nitrogen and oxygen atoms in total. The highest BCUT2D eigenvalue weighted by Gasteiger charge is 2.12. The van der Waals surface area contributed by atoms with Crippen molar-refractivity contribution in [3.8, 4) is 5.75 Å². The standard InChI is InChI=1S/C11H16ClNO2/c1-7(2)15-11-4-3-8(12)5-9(11)10(13)6-14/h3-5,7,10,14H,6,13H2,1-2H3. The predicted octanol–water partition coefficient (Wildman–Crippen LogP) is 2.12. The van der Waals surface area contributed by atoms with Crippen molar-refractivity contribution < 1.29 is 9.84 Å². The third-order valence-corrected chi connectivity index (χ3v) is 2.17. The van der Waals surface area contributed by atoms with Gasteiger partial charge in [0.1, 0.15) is 5.75 Å². The van der Waals surface area contributed by atoms with Gasteiger partial charge in [-0.3, -0.25) is 0 Å². The summed E-state index contributed by atoms with van der Waals surface area (Å²) >= 11 is 5.86. The zero-order chi connectivity index (χ0) is 11.4. The van der Waals surface area contributed by atoms with E-state index >= 15 is 0 Å². The van der Waals surface area contributed by atoms with Gasteiger partial charge in [-0.15, -0.1) is 0 Å². The largest absolute Gasteiger partial charge is 0.491 e. The second kappa shape index (κ2) is 5.35. The number of nitrogens with two attached hydrogens (primary N) is 1. The normalized spacial score (nSPS) is 12.9. The summed E-state index contributed by atoms with van der Waals surface area (Å²) in [6.07, 6.45) is 0.0656. The molecule has 0 saturated carbocycles. The molecule has 0 fully saturated rings. The van der Waals surface area contributed by atoms with Crippen molar-refractivity contribution in [2.75, 3.05) is 6.61 Å². The Morgan fingerprint density at radius 2 is 2.13 bits per heavy atom. The summed E-state index contributed by atoms with van der Waals surface area (Å²) in [6.45, 7) is 3.74. The number of rotatable bonds is 4. The smallest absolute Gasteiger partial charge is 0.124 e. The van der Waals surface area contributed by atoms with Gasteiger partial charge in [-0.05, 0) is 32.0 Å². The highest BCUT2D eigenvalue weighted by atomic mass is 35.5. The third-order valence-electron chi connectivity index (χ3n) is 1.93. The maximum atomic E-state index is 9.01. The van der Waals surface area contributed by atoms with E-state index in [1.165, 1.54) is 0 Å². The Bertz CT molecular complexity index is 328. The van der Waals surface area contributed by atoms with Crippen molar-refractivity contribution in [2.45, 2.75) is 26.0 Å². The van der Waals surface area contributed by atoms with Crippen LogP contribution in [0.2, 0.25) is 5.02 Å². The van der Waals surface area contributed by atoms with E-state index in [9.17, 15) is 0 Å². The molecule has 0 amide bonds. The van der Waals surface area contributed by atoms with Crippen LogP contribution in [0.1, 0.15) is 25.5 Å². The van der Waals surface area contributed by atoms with Gasteiger partial charge in [0, 0.05) is 10.6 Å². The molecule has 1 unspecified atom stereocenters. The molecule has 84 valence electrons. The number of hydrogen-bond donors (Lipinski definition) is 2. The average molecular weight is 230 g/mol. The monoisotopic (exact) mass is 229 g/mol. The number of halogens is 1. The van der Waals surface area contributed by atoms with Gasteiger partial charge in [-0.2, -0.15) is 0 Å². The fourth-order valence-corrected chi connectivity index (χ4v) is 1.45. The second-order valence-corrected chi connectivity index (χ2v) is 4.07. The molecule has 0 heterocycles. The van der Waals surface area contributed by atoms with Crippen molar-refractivity contribution in [3.63, 3.8) is 0 Å². The predicted molar refractivity (Wildman–Crippen MR) is 61.2 cm³/mol. The lowest BCUT2D eigenvalue weighted by atomic mass is 10.1. The molecule has 3 N–H and O–H groups in total. The molecule has 15 heavy (non-hydrogen) atoms. The van der Waals surface area contributed by atoms with Gasteiger partial charge in [0.25, 0.3) is 0 Å². The Morgan fingerprint density at radius 1 is 1.47 bits per heavy atom. The van der Waals surface area contributed by atoms with Gasteiger partial charge < -0.3 is 15.6 Å². The second-order valence-electron chi connectivity index (χ2n) is 3.64. The molecule has 1 aromatic carbocycles. The molecular formula is C11H16ClNO2. The van der Waals surface area contributed by atoms with Crippen LogP contribution in [-0.4, -0.2) is 17.8 Å². The Kier molecular flexibility index (Phi) is 4.39. The molecule has 1 atom stereocenters. The van der Waals surface area contributed by atoms with E-state index in [0.717, 1.165) is 5.56 Å². The fraction of sp³-hybridized carbons (Fsp3) is 0.455. The first kappa shape index (κ1) is 12.3. The number of hydrogen-bond acceptors (Lipinski definition) is 3. The molecule has 0 aliphatic carbocycles. The lowest BCUT2D eigenvalue weighted by Crippen LogP contribution is -2.17. The van der Waals surface area contributed by atoms with E-state index < -0.39 is 6.04 Å². The van der Waals surface area contributed by atoms with Crippen LogP contribution in [0.5, 0.6) is 5.75 Å². The van der Waals surface area contributed by atoms with Gasteiger partial charge >= 0.3 is 0 Å². The summed E-state index contributed by atoms with van der Waals surface area (Å²) in [7, 11) is 0. The Labute approximate surface area is 94.8 Å². The lowest BCUT2D eigenvalue weighted by Gasteiger charge is -2.17. The Morgan fingerprint density at radius 3 is 2.67 bits per heavy atom. The summed E-state index contributed by atoms with van der Waals surface area (Å²) in [5.74, 6) is 0.677. The molecule has 0 aliphatic rings. The zero-order valence-corrected chi connectivity index (χ0v) is 9.66. The molecule has 0 radical (unpaired) electrons. The third kappa shape index (κ3) is 3.38.